The molecule has 0 atom stereocenters. The van der Waals surface area contributed by atoms with Crippen LogP contribution in [0.3, 0.4) is 0 Å². The Morgan fingerprint density at radius 3 is 2.66 bits per heavy atom. The van der Waals surface area contributed by atoms with Gasteiger partial charge in [-0.3, -0.25) is 4.79 Å². The van der Waals surface area contributed by atoms with Gasteiger partial charge < -0.3 is 23.9 Å². The summed E-state index contributed by atoms with van der Waals surface area (Å²) in [7, 11) is 1.60. The Morgan fingerprint density at radius 2 is 1.84 bits per heavy atom. The third-order valence-corrected chi connectivity index (χ3v) is 5.39. The highest BCUT2D eigenvalue weighted by Crippen LogP contribution is 2.37. The number of carbonyl (C=O) groups excluding carboxylic acids is 1. The lowest BCUT2D eigenvalue weighted by molar-refractivity contribution is -0.111. The summed E-state index contributed by atoms with van der Waals surface area (Å²) in [4.78, 5) is 12.7. The molecule has 0 saturated carbocycles. The lowest BCUT2D eigenvalue weighted by atomic mass is 9.99. The van der Waals surface area contributed by atoms with Crippen molar-refractivity contribution >= 4 is 28.1 Å². The molecular formula is C26H21NO5. The number of ether oxygens (including phenoxy) is 3. The van der Waals surface area contributed by atoms with E-state index in [9.17, 15) is 4.79 Å². The molecule has 1 aliphatic rings. The summed E-state index contributed by atoms with van der Waals surface area (Å²) in [6.45, 7) is 2.07. The minimum Gasteiger partial charge on any atom is -0.496 e. The lowest BCUT2D eigenvalue weighted by Gasteiger charge is -2.10. The fourth-order valence-corrected chi connectivity index (χ4v) is 3.80. The van der Waals surface area contributed by atoms with Crippen molar-refractivity contribution in [1.82, 2.24) is 0 Å². The van der Waals surface area contributed by atoms with Crippen molar-refractivity contribution in [3.8, 4) is 28.4 Å². The van der Waals surface area contributed by atoms with Gasteiger partial charge in [-0.2, -0.15) is 0 Å². The maximum Gasteiger partial charge on any atom is 0.248 e. The number of rotatable bonds is 5. The van der Waals surface area contributed by atoms with Crippen LogP contribution in [0.2, 0.25) is 0 Å². The monoisotopic (exact) mass is 427 g/mol. The molecule has 0 radical (unpaired) electrons. The first-order valence-corrected chi connectivity index (χ1v) is 10.2. The third kappa shape index (κ3) is 3.67. The topological polar surface area (TPSA) is 69.9 Å². The molecule has 5 rings (SSSR count). The molecule has 0 saturated heterocycles. The molecule has 1 aromatic heterocycles. The van der Waals surface area contributed by atoms with Gasteiger partial charge in [-0.25, -0.2) is 0 Å². The number of methoxy groups -OCH3 is 1. The summed E-state index contributed by atoms with van der Waals surface area (Å²) in [5.41, 5.74) is 4.99. The summed E-state index contributed by atoms with van der Waals surface area (Å²) >= 11 is 0. The Kier molecular flexibility index (Phi) is 5.03. The Hall–Kier alpha value is -4.19. The minimum absolute atomic E-state index is 0.187. The summed E-state index contributed by atoms with van der Waals surface area (Å²) in [5.74, 6) is 1.67. The summed E-state index contributed by atoms with van der Waals surface area (Å²) in [6, 6.07) is 19.2. The summed E-state index contributed by atoms with van der Waals surface area (Å²) in [6.07, 6.45) is 3.30. The van der Waals surface area contributed by atoms with E-state index in [0.29, 0.717) is 22.9 Å². The number of furan rings is 1. The van der Waals surface area contributed by atoms with Crippen LogP contribution in [-0.4, -0.2) is 19.8 Å². The first-order chi connectivity index (χ1) is 15.6. The van der Waals surface area contributed by atoms with Crippen LogP contribution in [0.4, 0.5) is 5.69 Å². The van der Waals surface area contributed by atoms with E-state index in [0.717, 1.165) is 33.2 Å². The first kappa shape index (κ1) is 19.8. The maximum atomic E-state index is 12.7. The van der Waals surface area contributed by atoms with Crippen LogP contribution < -0.4 is 19.5 Å². The fraction of sp³-hybridized carbons (Fsp3) is 0.115. The zero-order valence-electron chi connectivity index (χ0n) is 17.7. The molecule has 0 fully saturated rings. The summed E-state index contributed by atoms with van der Waals surface area (Å²) in [5, 5.41) is 3.82. The van der Waals surface area contributed by atoms with Crippen molar-refractivity contribution in [2.75, 3.05) is 19.2 Å². The first-order valence-electron chi connectivity index (χ1n) is 10.2. The number of hydrogen-bond donors (Lipinski definition) is 1. The molecule has 1 amide bonds. The quantitative estimate of drug-likeness (QED) is 0.403. The molecular weight excluding hydrogens is 406 g/mol. The van der Waals surface area contributed by atoms with Crippen LogP contribution in [0.25, 0.3) is 27.7 Å². The molecule has 2 heterocycles. The summed E-state index contributed by atoms with van der Waals surface area (Å²) < 4.78 is 22.0. The van der Waals surface area contributed by atoms with Gasteiger partial charge in [0.05, 0.1) is 13.4 Å². The zero-order chi connectivity index (χ0) is 22.1. The molecule has 6 heteroatoms. The average Bonchev–Trinajstić information content (AvgIpc) is 3.44. The Morgan fingerprint density at radius 1 is 1.03 bits per heavy atom. The lowest BCUT2D eigenvalue weighted by Crippen LogP contribution is -2.08. The normalized spacial score (nSPS) is 12.8. The molecule has 1 aliphatic heterocycles. The highest BCUT2D eigenvalue weighted by Gasteiger charge is 2.16. The van der Waals surface area contributed by atoms with Crippen LogP contribution in [0, 0.1) is 0 Å². The van der Waals surface area contributed by atoms with Gasteiger partial charge in [0.2, 0.25) is 12.7 Å². The average molecular weight is 427 g/mol. The molecule has 0 bridgehead atoms. The molecule has 3 aromatic carbocycles. The second kappa shape index (κ2) is 8.15. The number of hydrogen-bond acceptors (Lipinski definition) is 5. The van der Waals surface area contributed by atoms with E-state index in [1.807, 2.05) is 49.4 Å². The number of benzene rings is 3. The van der Waals surface area contributed by atoms with Crippen molar-refractivity contribution in [3.05, 3.63) is 78.6 Å². The van der Waals surface area contributed by atoms with Crippen molar-refractivity contribution in [2.45, 2.75) is 6.92 Å². The fourth-order valence-electron chi connectivity index (χ4n) is 3.80. The number of allylic oxidation sites excluding steroid dienone is 1. The molecule has 4 aromatic rings. The van der Waals surface area contributed by atoms with E-state index in [1.165, 1.54) is 0 Å². The number of carbonyl (C=O) groups is 1. The Labute approximate surface area is 185 Å². The van der Waals surface area contributed by atoms with Gasteiger partial charge in [0.15, 0.2) is 11.5 Å². The number of amides is 1. The van der Waals surface area contributed by atoms with Crippen LogP contribution in [0.5, 0.6) is 17.2 Å². The Bertz CT molecular complexity index is 1340. The van der Waals surface area contributed by atoms with Gasteiger partial charge in [-0.05, 0) is 36.3 Å². The van der Waals surface area contributed by atoms with Gasteiger partial charge in [0, 0.05) is 40.4 Å². The largest absolute Gasteiger partial charge is 0.496 e. The zero-order valence-corrected chi connectivity index (χ0v) is 17.7. The minimum atomic E-state index is -0.251. The predicted octanol–water partition coefficient (Wildman–Crippen LogP) is 5.88. The molecule has 6 nitrogen and oxygen atoms in total. The number of nitrogens with one attached hydrogen (secondary N) is 1. The van der Waals surface area contributed by atoms with Crippen LogP contribution in [0.15, 0.2) is 77.4 Å². The van der Waals surface area contributed by atoms with E-state index >= 15 is 0 Å². The van der Waals surface area contributed by atoms with Gasteiger partial charge in [-0.1, -0.05) is 30.3 Å². The second-order valence-electron chi connectivity index (χ2n) is 7.45. The third-order valence-electron chi connectivity index (χ3n) is 5.39. The molecule has 0 aliphatic carbocycles. The Balaban J connectivity index is 1.47. The van der Waals surface area contributed by atoms with Crippen molar-refractivity contribution in [2.24, 2.45) is 0 Å². The van der Waals surface area contributed by atoms with Crippen LogP contribution >= 0.6 is 0 Å². The van der Waals surface area contributed by atoms with Gasteiger partial charge >= 0.3 is 0 Å². The van der Waals surface area contributed by atoms with Gasteiger partial charge in [-0.15, -0.1) is 0 Å². The highest BCUT2D eigenvalue weighted by molar-refractivity contribution is 6.05. The molecule has 160 valence electrons. The predicted molar refractivity (Wildman–Crippen MR) is 123 cm³/mol. The van der Waals surface area contributed by atoms with Crippen LogP contribution in [-0.2, 0) is 4.79 Å². The SMILES string of the molecule is COc1cc2occ(-c3ccccc3)c2cc1/C(C)=C/C(=O)Nc1ccc2c(c1)OCO2. The van der Waals surface area contributed by atoms with E-state index in [-0.39, 0.29) is 12.7 Å². The van der Waals surface area contributed by atoms with E-state index < -0.39 is 0 Å². The second-order valence-corrected chi connectivity index (χ2v) is 7.45. The van der Waals surface area contributed by atoms with E-state index in [4.69, 9.17) is 18.6 Å². The van der Waals surface area contributed by atoms with Crippen molar-refractivity contribution in [3.63, 3.8) is 0 Å². The smallest absolute Gasteiger partial charge is 0.248 e. The van der Waals surface area contributed by atoms with Gasteiger partial charge in [0.25, 0.3) is 0 Å². The molecule has 0 spiro atoms. The highest BCUT2D eigenvalue weighted by atomic mass is 16.7. The number of anilines is 1. The van der Waals surface area contributed by atoms with Crippen molar-refractivity contribution < 1.29 is 23.4 Å². The molecule has 1 N–H and O–H groups in total. The van der Waals surface area contributed by atoms with Crippen LogP contribution in [0.1, 0.15) is 12.5 Å². The standard InChI is InChI=1S/C26H21NO5/c1-16(10-26(28)27-18-8-9-22-25(11-18)32-15-31-22)19-12-20-21(17-6-4-3-5-7-17)14-30-24(20)13-23(19)29-2/h3-14H,15H2,1-2H3,(H,27,28)/b16-10+. The number of fused-ring (bicyclic) bond motifs is 2. The van der Waals surface area contributed by atoms with E-state index in [2.05, 4.69) is 5.32 Å². The molecule has 0 unspecified atom stereocenters. The maximum absolute atomic E-state index is 12.7. The van der Waals surface area contributed by atoms with E-state index in [1.54, 1.807) is 37.6 Å². The van der Waals surface area contributed by atoms with Gasteiger partial charge in [0.1, 0.15) is 11.3 Å². The van der Waals surface area contributed by atoms with Crippen molar-refractivity contribution in [1.29, 1.82) is 0 Å². The molecule has 32 heavy (non-hydrogen) atoms.